The largest absolute Gasteiger partial charge is 0.305 e. The van der Waals surface area contributed by atoms with Crippen molar-refractivity contribution in [3.63, 3.8) is 0 Å². The number of nitrogens with zero attached hydrogens (tertiary/aromatic N) is 5. The van der Waals surface area contributed by atoms with Gasteiger partial charge in [0.15, 0.2) is 0 Å². The Morgan fingerprint density at radius 1 is 0.636 bits per heavy atom. The Balaban J connectivity index is 1.92. The van der Waals surface area contributed by atoms with Gasteiger partial charge < -0.3 is 9.80 Å². The van der Waals surface area contributed by atoms with Gasteiger partial charge >= 0.3 is 0 Å². The third kappa shape index (κ3) is 5.71. The molecule has 4 rings (SSSR count). The van der Waals surface area contributed by atoms with E-state index in [4.69, 9.17) is 4.98 Å². The Labute approximate surface area is 204 Å². The third-order valence-corrected chi connectivity index (χ3v) is 6.23. The SMILES string of the molecule is CN(C)Cc1cc(-c2cc(-c3ccccn3)nc(-c3ccccn3)c2)cc(CN(C)C)c1Br. The number of halogens is 1. The van der Waals surface area contributed by atoms with Crippen LogP contribution in [-0.4, -0.2) is 52.9 Å². The monoisotopic (exact) mass is 501 g/mol. The summed E-state index contributed by atoms with van der Waals surface area (Å²) < 4.78 is 1.16. The topological polar surface area (TPSA) is 45.2 Å². The van der Waals surface area contributed by atoms with E-state index < -0.39 is 0 Å². The van der Waals surface area contributed by atoms with Gasteiger partial charge in [0.05, 0.1) is 22.8 Å². The highest BCUT2D eigenvalue weighted by Crippen LogP contribution is 2.34. The quantitative estimate of drug-likeness (QED) is 0.322. The smallest absolute Gasteiger partial charge is 0.0900 e. The molecule has 3 heterocycles. The van der Waals surface area contributed by atoms with Gasteiger partial charge in [0.2, 0.25) is 0 Å². The first-order valence-corrected chi connectivity index (χ1v) is 11.7. The molecule has 0 spiro atoms. The molecule has 0 aliphatic carbocycles. The lowest BCUT2D eigenvalue weighted by Crippen LogP contribution is -2.14. The summed E-state index contributed by atoms with van der Waals surface area (Å²) in [5.41, 5.74) is 8.11. The van der Waals surface area contributed by atoms with Crippen LogP contribution >= 0.6 is 15.9 Å². The molecule has 0 saturated carbocycles. The second-order valence-corrected chi connectivity index (χ2v) is 9.43. The second-order valence-electron chi connectivity index (χ2n) is 8.64. The Morgan fingerprint density at radius 2 is 1.09 bits per heavy atom. The van der Waals surface area contributed by atoms with E-state index in [2.05, 4.69) is 88.2 Å². The van der Waals surface area contributed by atoms with Crippen molar-refractivity contribution >= 4 is 15.9 Å². The van der Waals surface area contributed by atoms with Crippen LogP contribution in [0.4, 0.5) is 0 Å². The molecule has 4 aromatic rings. The zero-order chi connectivity index (χ0) is 23.4. The zero-order valence-electron chi connectivity index (χ0n) is 19.5. The normalized spacial score (nSPS) is 11.4. The Morgan fingerprint density at radius 3 is 1.48 bits per heavy atom. The molecule has 0 fully saturated rings. The van der Waals surface area contributed by atoms with Crippen LogP contribution in [-0.2, 0) is 13.1 Å². The maximum atomic E-state index is 4.91. The van der Waals surface area contributed by atoms with E-state index in [1.54, 1.807) is 12.4 Å². The predicted octanol–water partition coefficient (Wildman–Crippen LogP) is 5.76. The minimum Gasteiger partial charge on any atom is -0.305 e. The number of benzene rings is 1. The number of rotatable bonds is 7. The Hall–Kier alpha value is -2.93. The molecule has 0 unspecified atom stereocenters. The van der Waals surface area contributed by atoms with Crippen molar-refractivity contribution in [2.45, 2.75) is 13.1 Å². The van der Waals surface area contributed by atoms with Crippen LogP contribution in [0.25, 0.3) is 33.9 Å². The van der Waals surface area contributed by atoms with Gasteiger partial charge in [0.25, 0.3) is 0 Å². The highest BCUT2D eigenvalue weighted by atomic mass is 79.9. The summed E-state index contributed by atoms with van der Waals surface area (Å²) >= 11 is 3.86. The van der Waals surface area contributed by atoms with E-state index >= 15 is 0 Å². The number of hydrogen-bond acceptors (Lipinski definition) is 5. The molecule has 33 heavy (non-hydrogen) atoms. The average Bonchev–Trinajstić information content (AvgIpc) is 2.82. The van der Waals surface area contributed by atoms with Crippen molar-refractivity contribution in [1.82, 2.24) is 24.8 Å². The Kier molecular flexibility index (Phi) is 7.28. The van der Waals surface area contributed by atoms with Crippen molar-refractivity contribution < 1.29 is 0 Å². The zero-order valence-corrected chi connectivity index (χ0v) is 21.0. The molecule has 1 aromatic carbocycles. The summed E-state index contributed by atoms with van der Waals surface area (Å²) in [6, 6.07) is 20.6. The summed E-state index contributed by atoms with van der Waals surface area (Å²) in [7, 11) is 8.37. The lowest BCUT2D eigenvalue weighted by atomic mass is 9.97. The van der Waals surface area contributed by atoms with Crippen LogP contribution in [0.15, 0.2) is 77.5 Å². The Bertz CT molecular complexity index is 1140. The molecular formula is C27H28BrN5. The molecule has 5 nitrogen and oxygen atoms in total. The highest BCUT2D eigenvalue weighted by molar-refractivity contribution is 9.10. The molecule has 6 heteroatoms. The maximum Gasteiger partial charge on any atom is 0.0900 e. The average molecular weight is 502 g/mol. The van der Waals surface area contributed by atoms with Crippen LogP contribution < -0.4 is 0 Å². The molecule has 0 amide bonds. The van der Waals surface area contributed by atoms with E-state index in [9.17, 15) is 0 Å². The van der Waals surface area contributed by atoms with Crippen LogP contribution in [0.2, 0.25) is 0 Å². The van der Waals surface area contributed by atoms with E-state index in [0.29, 0.717) is 0 Å². The van der Waals surface area contributed by atoms with Crippen LogP contribution in [0, 0.1) is 0 Å². The molecular weight excluding hydrogens is 474 g/mol. The fraction of sp³-hybridized carbons (Fsp3) is 0.222. The van der Waals surface area contributed by atoms with Crippen molar-refractivity contribution in [1.29, 1.82) is 0 Å². The van der Waals surface area contributed by atoms with Gasteiger partial charge in [0.1, 0.15) is 0 Å². The van der Waals surface area contributed by atoms with Crippen molar-refractivity contribution in [3.05, 3.63) is 88.7 Å². The van der Waals surface area contributed by atoms with Gasteiger partial charge in [0, 0.05) is 30.0 Å². The summed E-state index contributed by atoms with van der Waals surface area (Å²) in [5, 5.41) is 0. The minimum absolute atomic E-state index is 0.833. The van der Waals surface area contributed by atoms with Gasteiger partial charge in [-0.3, -0.25) is 9.97 Å². The molecule has 3 aromatic heterocycles. The summed E-state index contributed by atoms with van der Waals surface area (Å²) in [6.07, 6.45) is 3.60. The molecule has 0 bridgehead atoms. The molecule has 0 radical (unpaired) electrons. The van der Waals surface area contributed by atoms with Crippen molar-refractivity contribution in [2.24, 2.45) is 0 Å². The summed E-state index contributed by atoms with van der Waals surface area (Å²) in [6.45, 7) is 1.69. The van der Waals surface area contributed by atoms with Gasteiger partial charge in [-0.2, -0.15) is 0 Å². The summed E-state index contributed by atoms with van der Waals surface area (Å²) in [4.78, 5) is 18.4. The first-order valence-electron chi connectivity index (χ1n) is 10.9. The predicted molar refractivity (Wildman–Crippen MR) is 139 cm³/mol. The molecule has 0 atom stereocenters. The number of aromatic nitrogens is 3. The lowest BCUT2D eigenvalue weighted by Gasteiger charge is -2.19. The summed E-state index contributed by atoms with van der Waals surface area (Å²) in [5.74, 6) is 0. The molecule has 0 N–H and O–H groups in total. The maximum absolute atomic E-state index is 4.91. The second kappa shape index (κ2) is 10.3. The van der Waals surface area contributed by atoms with E-state index in [-0.39, 0.29) is 0 Å². The van der Waals surface area contributed by atoms with Gasteiger partial charge in [-0.05, 0) is 99.0 Å². The fourth-order valence-corrected chi connectivity index (χ4v) is 4.30. The lowest BCUT2D eigenvalue weighted by molar-refractivity contribution is 0.394. The fourth-order valence-electron chi connectivity index (χ4n) is 3.82. The van der Waals surface area contributed by atoms with E-state index in [0.717, 1.165) is 51.5 Å². The van der Waals surface area contributed by atoms with Crippen LogP contribution in [0.3, 0.4) is 0 Å². The van der Waals surface area contributed by atoms with Crippen LogP contribution in [0.1, 0.15) is 11.1 Å². The van der Waals surface area contributed by atoms with Gasteiger partial charge in [-0.25, -0.2) is 4.98 Å². The van der Waals surface area contributed by atoms with E-state index in [1.165, 1.54) is 11.1 Å². The molecule has 0 aliphatic heterocycles. The highest BCUT2D eigenvalue weighted by Gasteiger charge is 2.15. The van der Waals surface area contributed by atoms with Crippen LogP contribution in [0.5, 0.6) is 0 Å². The van der Waals surface area contributed by atoms with Gasteiger partial charge in [-0.1, -0.05) is 28.1 Å². The number of pyridine rings is 3. The minimum atomic E-state index is 0.833. The standard InChI is InChI=1S/C27H28BrN5/c1-32(2)17-21-13-19(14-22(27(21)28)18-33(3)4)20-15-25(23-9-5-7-11-29-23)31-26(16-20)24-10-6-8-12-30-24/h5-16H,17-18H2,1-4H3. The molecule has 0 saturated heterocycles. The van der Waals surface area contributed by atoms with Crippen molar-refractivity contribution in [3.8, 4) is 33.9 Å². The van der Waals surface area contributed by atoms with E-state index in [1.807, 2.05) is 36.4 Å². The number of hydrogen-bond donors (Lipinski definition) is 0. The molecule has 0 aliphatic rings. The van der Waals surface area contributed by atoms with Gasteiger partial charge in [-0.15, -0.1) is 0 Å². The molecule has 168 valence electrons. The van der Waals surface area contributed by atoms with Crippen molar-refractivity contribution in [2.75, 3.05) is 28.2 Å². The first kappa shape index (κ1) is 23.2. The third-order valence-electron chi connectivity index (χ3n) is 5.21. The first-order chi connectivity index (χ1) is 15.9.